The maximum absolute atomic E-state index is 12.9. The zero-order chi connectivity index (χ0) is 17.8. The zero-order valence-corrected chi connectivity index (χ0v) is 13.8. The number of benzodiazepines with no additional fused rings is 1. The van der Waals surface area contributed by atoms with Gasteiger partial charge in [0.05, 0.1) is 11.4 Å². The van der Waals surface area contributed by atoms with Crippen molar-refractivity contribution in [1.29, 1.82) is 0 Å². The molecule has 6 heteroatoms. The molecule has 0 aliphatic carbocycles. The minimum Gasteiger partial charge on any atom is -0.480 e. The minimum absolute atomic E-state index is 0.324. The number of hydrogen-bond acceptors (Lipinski definition) is 4. The van der Waals surface area contributed by atoms with Crippen LogP contribution in [-0.2, 0) is 9.59 Å². The van der Waals surface area contributed by atoms with Gasteiger partial charge < -0.3 is 10.4 Å². The van der Waals surface area contributed by atoms with E-state index in [2.05, 4.69) is 10.3 Å². The average Bonchev–Trinajstić information content (AvgIpc) is 2.73. The molecule has 1 aliphatic heterocycles. The second kappa shape index (κ2) is 7.27. The van der Waals surface area contributed by atoms with Crippen LogP contribution in [0, 0.1) is 0 Å². The molecule has 1 atom stereocenters. The van der Waals surface area contributed by atoms with E-state index in [0.29, 0.717) is 17.9 Å². The SMILES string of the molecule is CNCC1N=C(c2ccccc2)c2ccccc2N(CC(=O)O)C1=O. The van der Waals surface area contributed by atoms with Crippen LogP contribution in [0.5, 0.6) is 0 Å². The third-order valence-electron chi connectivity index (χ3n) is 4.02. The van der Waals surface area contributed by atoms with Crippen LogP contribution in [0.4, 0.5) is 5.69 Å². The quantitative estimate of drug-likeness (QED) is 0.867. The fraction of sp³-hybridized carbons (Fsp3) is 0.211. The van der Waals surface area contributed by atoms with Crippen LogP contribution in [0.15, 0.2) is 59.6 Å². The second-order valence-electron chi connectivity index (χ2n) is 5.75. The van der Waals surface area contributed by atoms with Gasteiger partial charge in [0.25, 0.3) is 5.91 Å². The van der Waals surface area contributed by atoms with E-state index in [9.17, 15) is 14.7 Å². The molecule has 0 spiro atoms. The summed E-state index contributed by atoms with van der Waals surface area (Å²) < 4.78 is 0. The Kier molecular flexibility index (Phi) is 4.90. The lowest BCUT2D eigenvalue weighted by Crippen LogP contribution is -2.44. The number of benzene rings is 2. The van der Waals surface area contributed by atoms with Gasteiger partial charge in [-0.05, 0) is 13.1 Å². The molecule has 1 unspecified atom stereocenters. The molecule has 2 aromatic carbocycles. The molecule has 0 saturated heterocycles. The second-order valence-corrected chi connectivity index (χ2v) is 5.75. The Morgan fingerprint density at radius 1 is 1.16 bits per heavy atom. The first kappa shape index (κ1) is 16.9. The molecule has 2 N–H and O–H groups in total. The smallest absolute Gasteiger partial charge is 0.323 e. The van der Waals surface area contributed by atoms with Gasteiger partial charge in [-0.15, -0.1) is 0 Å². The van der Waals surface area contributed by atoms with Crippen molar-refractivity contribution in [1.82, 2.24) is 5.32 Å². The van der Waals surface area contributed by atoms with E-state index in [1.165, 1.54) is 4.90 Å². The molecule has 128 valence electrons. The highest BCUT2D eigenvalue weighted by Crippen LogP contribution is 2.28. The number of carboxylic acid groups (broad SMARTS) is 1. The summed E-state index contributed by atoms with van der Waals surface area (Å²) in [5, 5.41) is 12.2. The number of nitrogens with one attached hydrogen (secondary N) is 1. The number of fused-ring (bicyclic) bond motifs is 1. The van der Waals surface area contributed by atoms with Gasteiger partial charge in [-0.25, -0.2) is 0 Å². The molecule has 0 bridgehead atoms. The van der Waals surface area contributed by atoms with Crippen molar-refractivity contribution in [2.75, 3.05) is 25.0 Å². The molecule has 0 fully saturated rings. The largest absolute Gasteiger partial charge is 0.480 e. The van der Waals surface area contributed by atoms with E-state index in [1.54, 1.807) is 19.2 Å². The number of likely N-dealkylation sites (N-methyl/N-ethyl adjacent to an activating group) is 1. The lowest BCUT2D eigenvalue weighted by Gasteiger charge is -2.23. The lowest BCUT2D eigenvalue weighted by atomic mass is 10.0. The summed E-state index contributed by atoms with van der Waals surface area (Å²) in [5.74, 6) is -1.38. The van der Waals surface area contributed by atoms with Crippen molar-refractivity contribution < 1.29 is 14.7 Å². The Morgan fingerprint density at radius 3 is 2.52 bits per heavy atom. The number of hydrogen-bond donors (Lipinski definition) is 2. The molecular formula is C19H19N3O3. The third kappa shape index (κ3) is 3.44. The van der Waals surface area contributed by atoms with Crippen LogP contribution in [0.2, 0.25) is 0 Å². The van der Waals surface area contributed by atoms with Crippen molar-refractivity contribution in [3.8, 4) is 0 Å². The number of aliphatic carboxylic acids is 1. The molecule has 1 amide bonds. The van der Waals surface area contributed by atoms with Crippen molar-refractivity contribution in [2.24, 2.45) is 4.99 Å². The molecule has 6 nitrogen and oxygen atoms in total. The maximum Gasteiger partial charge on any atom is 0.323 e. The van der Waals surface area contributed by atoms with Crippen LogP contribution in [-0.4, -0.2) is 48.9 Å². The molecule has 0 radical (unpaired) electrons. The van der Waals surface area contributed by atoms with Gasteiger partial charge in [0.15, 0.2) is 0 Å². The molecule has 1 aliphatic rings. The number of carboxylic acids is 1. The Morgan fingerprint density at radius 2 is 1.84 bits per heavy atom. The highest BCUT2D eigenvalue weighted by Gasteiger charge is 2.32. The maximum atomic E-state index is 12.9. The van der Waals surface area contributed by atoms with Crippen molar-refractivity contribution in [3.63, 3.8) is 0 Å². The Hall–Kier alpha value is -2.99. The summed E-state index contributed by atoms with van der Waals surface area (Å²) in [6.07, 6.45) is 0. The third-order valence-corrected chi connectivity index (χ3v) is 4.02. The fourth-order valence-electron chi connectivity index (χ4n) is 2.94. The number of amides is 1. The summed E-state index contributed by atoms with van der Waals surface area (Å²) >= 11 is 0. The zero-order valence-electron chi connectivity index (χ0n) is 13.8. The predicted molar refractivity (Wildman–Crippen MR) is 96.2 cm³/mol. The van der Waals surface area contributed by atoms with Gasteiger partial charge in [0.1, 0.15) is 12.6 Å². The standard InChI is InChI=1S/C19H19N3O3/c1-20-11-15-19(25)22(12-17(23)24)16-10-6-5-9-14(16)18(21-15)13-7-3-2-4-8-13/h2-10,15,20H,11-12H2,1H3,(H,23,24). The summed E-state index contributed by atoms with van der Waals surface area (Å²) in [7, 11) is 1.74. The molecule has 2 aromatic rings. The summed E-state index contributed by atoms with van der Waals surface area (Å²) in [4.78, 5) is 30.2. The van der Waals surface area contributed by atoms with Gasteiger partial charge in [0, 0.05) is 17.7 Å². The predicted octanol–water partition coefficient (Wildman–Crippen LogP) is 1.54. The molecule has 1 heterocycles. The monoisotopic (exact) mass is 337 g/mol. The van der Waals surface area contributed by atoms with E-state index in [-0.39, 0.29) is 5.91 Å². The van der Waals surface area contributed by atoms with Crippen molar-refractivity contribution >= 4 is 23.3 Å². The first-order chi connectivity index (χ1) is 12.1. The number of para-hydroxylation sites is 1. The van der Waals surface area contributed by atoms with Gasteiger partial charge in [-0.1, -0.05) is 48.5 Å². The van der Waals surface area contributed by atoms with Crippen LogP contribution in [0.3, 0.4) is 0 Å². The van der Waals surface area contributed by atoms with E-state index < -0.39 is 18.6 Å². The normalized spacial score (nSPS) is 16.8. The van der Waals surface area contributed by atoms with E-state index in [4.69, 9.17) is 0 Å². The van der Waals surface area contributed by atoms with E-state index in [0.717, 1.165) is 11.1 Å². The van der Waals surface area contributed by atoms with Gasteiger partial charge in [-0.3, -0.25) is 19.5 Å². The molecular weight excluding hydrogens is 318 g/mol. The summed E-state index contributed by atoms with van der Waals surface area (Å²) in [6, 6.07) is 16.2. The summed E-state index contributed by atoms with van der Waals surface area (Å²) in [6.45, 7) is -0.0626. The lowest BCUT2D eigenvalue weighted by molar-refractivity contribution is -0.136. The van der Waals surface area contributed by atoms with E-state index >= 15 is 0 Å². The number of nitrogens with zero attached hydrogens (tertiary/aromatic N) is 2. The number of carbonyl (C=O) groups excluding carboxylic acids is 1. The van der Waals surface area contributed by atoms with Gasteiger partial charge in [0.2, 0.25) is 0 Å². The first-order valence-corrected chi connectivity index (χ1v) is 8.02. The van der Waals surface area contributed by atoms with Crippen LogP contribution >= 0.6 is 0 Å². The van der Waals surface area contributed by atoms with Crippen LogP contribution in [0.1, 0.15) is 11.1 Å². The Balaban J connectivity index is 2.20. The average molecular weight is 337 g/mol. The van der Waals surface area contributed by atoms with Gasteiger partial charge in [-0.2, -0.15) is 0 Å². The first-order valence-electron chi connectivity index (χ1n) is 8.02. The van der Waals surface area contributed by atoms with Crippen LogP contribution < -0.4 is 10.2 Å². The highest BCUT2D eigenvalue weighted by atomic mass is 16.4. The van der Waals surface area contributed by atoms with Crippen molar-refractivity contribution in [2.45, 2.75) is 6.04 Å². The Labute approximate surface area is 145 Å². The minimum atomic E-state index is -1.06. The summed E-state index contributed by atoms with van der Waals surface area (Å²) in [5.41, 5.74) is 2.90. The fourth-order valence-corrected chi connectivity index (χ4v) is 2.94. The van der Waals surface area contributed by atoms with E-state index in [1.807, 2.05) is 42.5 Å². The molecule has 0 aromatic heterocycles. The number of carbonyl (C=O) groups is 2. The molecule has 3 rings (SSSR count). The molecule has 25 heavy (non-hydrogen) atoms. The number of anilines is 1. The Bertz CT molecular complexity index is 818. The number of aliphatic imine (C=N–C) groups is 1. The van der Waals surface area contributed by atoms with Crippen LogP contribution in [0.25, 0.3) is 0 Å². The topological polar surface area (TPSA) is 82.0 Å². The van der Waals surface area contributed by atoms with Crippen molar-refractivity contribution in [3.05, 3.63) is 65.7 Å². The van der Waals surface area contributed by atoms with Gasteiger partial charge >= 0.3 is 5.97 Å². The molecule has 0 saturated carbocycles. The number of rotatable bonds is 5. The highest BCUT2D eigenvalue weighted by molar-refractivity contribution is 6.20.